The molecule has 0 amide bonds. The maximum Gasteiger partial charge on any atom is 0.241 e. The first kappa shape index (κ1) is 25.1. The highest BCUT2D eigenvalue weighted by atomic mass is 35.5. The van der Waals surface area contributed by atoms with E-state index in [1.807, 2.05) is 36.4 Å². The van der Waals surface area contributed by atoms with Gasteiger partial charge in [0.2, 0.25) is 10.0 Å². The van der Waals surface area contributed by atoms with Crippen molar-refractivity contribution in [3.63, 3.8) is 0 Å². The Balaban J connectivity index is 1.26. The fraction of sp³-hybridized carbons (Fsp3) is 0.269. The molecule has 35 heavy (non-hydrogen) atoms. The molecule has 1 saturated heterocycles. The van der Waals surface area contributed by atoms with E-state index in [0.717, 1.165) is 48.4 Å². The molecule has 0 aromatic heterocycles. The molecule has 0 radical (unpaired) electrons. The number of halogens is 2. The van der Waals surface area contributed by atoms with E-state index in [2.05, 4.69) is 15.7 Å². The van der Waals surface area contributed by atoms with Crippen molar-refractivity contribution < 1.29 is 17.5 Å². The molecule has 6 nitrogen and oxygen atoms in total. The summed E-state index contributed by atoms with van der Waals surface area (Å²) in [5.41, 5.74) is 2.69. The van der Waals surface area contributed by atoms with Gasteiger partial charge >= 0.3 is 0 Å². The summed E-state index contributed by atoms with van der Waals surface area (Å²) in [6, 6.07) is 20.7. The van der Waals surface area contributed by atoms with Crippen LogP contribution in [0.4, 0.5) is 4.39 Å². The second-order valence-corrected chi connectivity index (χ2v) is 10.4. The van der Waals surface area contributed by atoms with Crippen molar-refractivity contribution in [2.75, 3.05) is 19.7 Å². The third-order valence-corrected chi connectivity index (χ3v) is 7.66. The van der Waals surface area contributed by atoms with Crippen molar-refractivity contribution in [3.8, 4) is 22.9 Å². The van der Waals surface area contributed by atoms with Gasteiger partial charge in [-0.05, 0) is 79.4 Å². The molecule has 1 aliphatic rings. The number of nitrogens with zero attached hydrogens (tertiary/aromatic N) is 2. The summed E-state index contributed by atoms with van der Waals surface area (Å²) in [4.78, 5) is 2.03. The van der Waals surface area contributed by atoms with Gasteiger partial charge in [0, 0.05) is 6.54 Å². The molecule has 0 spiro atoms. The predicted octanol–water partition coefficient (Wildman–Crippen LogP) is 5.19. The van der Waals surface area contributed by atoms with E-state index in [9.17, 15) is 12.8 Å². The van der Waals surface area contributed by atoms with Crippen LogP contribution in [0.25, 0.3) is 11.1 Å². The van der Waals surface area contributed by atoms with E-state index < -0.39 is 15.8 Å². The van der Waals surface area contributed by atoms with E-state index in [1.54, 1.807) is 12.1 Å². The maximum atomic E-state index is 13.4. The van der Waals surface area contributed by atoms with Gasteiger partial charge in [-0.1, -0.05) is 35.9 Å². The molecule has 1 aliphatic heterocycles. The molecule has 3 aromatic carbocycles. The summed E-state index contributed by atoms with van der Waals surface area (Å²) in [6.45, 7) is 1.97. The third-order valence-electron chi connectivity index (χ3n) is 5.92. The average Bonchev–Trinajstić information content (AvgIpc) is 3.30. The molecule has 182 valence electrons. The minimum Gasteiger partial charge on any atom is -0.494 e. The molecule has 4 rings (SSSR count). The number of nitrogens with one attached hydrogen (secondary N) is 1. The van der Waals surface area contributed by atoms with Crippen LogP contribution in [-0.4, -0.2) is 39.2 Å². The van der Waals surface area contributed by atoms with Crippen molar-refractivity contribution in [1.82, 2.24) is 9.62 Å². The fourth-order valence-electron chi connectivity index (χ4n) is 4.06. The van der Waals surface area contributed by atoms with Crippen LogP contribution in [0, 0.1) is 17.1 Å². The normalized spacial score (nSPS) is 16.2. The van der Waals surface area contributed by atoms with Gasteiger partial charge in [0.1, 0.15) is 11.6 Å². The second-order valence-electron chi connectivity index (χ2n) is 8.31. The summed E-state index contributed by atoms with van der Waals surface area (Å²) >= 11 is 5.75. The summed E-state index contributed by atoms with van der Waals surface area (Å²) < 4.78 is 47.4. The maximum absolute atomic E-state index is 13.4. The van der Waals surface area contributed by atoms with Crippen LogP contribution in [0.1, 0.15) is 24.8 Å². The van der Waals surface area contributed by atoms with Crippen molar-refractivity contribution in [2.24, 2.45) is 0 Å². The van der Waals surface area contributed by atoms with Gasteiger partial charge in [0.15, 0.2) is 0 Å². The highest BCUT2D eigenvalue weighted by molar-refractivity contribution is 7.89. The fourth-order valence-corrected chi connectivity index (χ4v) is 5.58. The van der Waals surface area contributed by atoms with Crippen LogP contribution in [0.15, 0.2) is 71.6 Å². The molecular formula is C26H25ClFN3O3S. The van der Waals surface area contributed by atoms with Crippen molar-refractivity contribution >= 4 is 21.6 Å². The SMILES string of the molecule is N#Cc1ccc(-c2ccc(OCCCN3CCCC3NS(=O)(=O)c3ccc(F)c(Cl)c3)cc2)cc1. The Bertz CT molecular complexity index is 1310. The van der Waals surface area contributed by atoms with Gasteiger partial charge in [-0.25, -0.2) is 12.8 Å². The first-order valence-corrected chi connectivity index (χ1v) is 13.2. The minimum atomic E-state index is -3.81. The molecule has 9 heteroatoms. The lowest BCUT2D eigenvalue weighted by atomic mass is 10.0. The van der Waals surface area contributed by atoms with E-state index in [0.29, 0.717) is 25.1 Å². The van der Waals surface area contributed by atoms with Gasteiger partial charge < -0.3 is 4.74 Å². The zero-order chi connectivity index (χ0) is 24.8. The number of hydrogen-bond acceptors (Lipinski definition) is 5. The van der Waals surface area contributed by atoms with Gasteiger partial charge in [-0.2, -0.15) is 9.98 Å². The van der Waals surface area contributed by atoms with Crippen LogP contribution in [0.2, 0.25) is 5.02 Å². The Labute approximate surface area is 210 Å². The molecule has 3 aromatic rings. The van der Waals surface area contributed by atoms with Crippen molar-refractivity contribution in [2.45, 2.75) is 30.3 Å². The lowest BCUT2D eigenvalue weighted by molar-refractivity contribution is 0.214. The van der Waals surface area contributed by atoms with Crippen molar-refractivity contribution in [1.29, 1.82) is 5.26 Å². The molecule has 1 N–H and O–H groups in total. The average molecular weight is 514 g/mol. The first-order valence-electron chi connectivity index (χ1n) is 11.3. The largest absolute Gasteiger partial charge is 0.494 e. The molecule has 1 heterocycles. The molecule has 1 atom stereocenters. The highest BCUT2D eigenvalue weighted by Crippen LogP contribution is 2.24. The van der Waals surface area contributed by atoms with E-state index in [4.69, 9.17) is 21.6 Å². The number of hydrogen-bond donors (Lipinski definition) is 1. The Morgan fingerprint density at radius 3 is 2.43 bits per heavy atom. The minimum absolute atomic E-state index is 0.0523. The summed E-state index contributed by atoms with van der Waals surface area (Å²) in [5.74, 6) is 0.103. The van der Waals surface area contributed by atoms with E-state index in [-0.39, 0.29) is 16.1 Å². The number of benzene rings is 3. The number of rotatable bonds is 9. The number of nitriles is 1. The lowest BCUT2D eigenvalue weighted by Gasteiger charge is -2.25. The summed E-state index contributed by atoms with van der Waals surface area (Å²) in [7, 11) is -3.81. The predicted molar refractivity (Wildman–Crippen MR) is 133 cm³/mol. The Kier molecular flexibility index (Phi) is 8.04. The summed E-state index contributed by atoms with van der Waals surface area (Å²) in [6.07, 6.45) is 1.99. The zero-order valence-corrected chi connectivity index (χ0v) is 20.5. The van der Waals surface area contributed by atoms with Crippen LogP contribution in [0.3, 0.4) is 0 Å². The number of sulfonamides is 1. The van der Waals surface area contributed by atoms with E-state index >= 15 is 0 Å². The standard InChI is InChI=1S/C26H25ClFN3O3S/c27-24-17-23(12-13-25(24)28)35(32,33)30-26-3-1-14-31(26)15-2-16-34-22-10-8-21(9-11-22)20-6-4-19(18-29)5-7-20/h4-13,17,26,30H,1-3,14-16H2. The van der Waals surface area contributed by atoms with Gasteiger partial charge in [-0.15, -0.1) is 0 Å². The highest BCUT2D eigenvalue weighted by Gasteiger charge is 2.29. The van der Waals surface area contributed by atoms with Crippen molar-refractivity contribution in [3.05, 3.63) is 83.1 Å². The molecule has 0 aliphatic carbocycles. The second kappa shape index (κ2) is 11.2. The third kappa shape index (κ3) is 6.38. The van der Waals surface area contributed by atoms with Crippen LogP contribution < -0.4 is 9.46 Å². The van der Waals surface area contributed by atoms with Gasteiger partial charge in [0.25, 0.3) is 0 Å². The molecule has 0 saturated carbocycles. The Morgan fingerprint density at radius 2 is 1.77 bits per heavy atom. The molecule has 0 bridgehead atoms. The molecule has 1 unspecified atom stereocenters. The number of likely N-dealkylation sites (tertiary alicyclic amines) is 1. The lowest BCUT2D eigenvalue weighted by Crippen LogP contribution is -2.44. The van der Waals surface area contributed by atoms with Gasteiger partial charge in [0.05, 0.1) is 34.3 Å². The smallest absolute Gasteiger partial charge is 0.241 e. The van der Waals surface area contributed by atoms with E-state index in [1.165, 1.54) is 6.07 Å². The Hall–Kier alpha value is -2.96. The van der Waals surface area contributed by atoms with Crippen LogP contribution in [0.5, 0.6) is 5.75 Å². The molecular weight excluding hydrogens is 489 g/mol. The summed E-state index contributed by atoms with van der Waals surface area (Å²) in [5, 5.41) is 8.70. The zero-order valence-electron chi connectivity index (χ0n) is 19.0. The first-order chi connectivity index (χ1) is 16.9. The quantitative estimate of drug-likeness (QED) is 0.398. The van der Waals surface area contributed by atoms with Crippen LogP contribution in [-0.2, 0) is 10.0 Å². The molecule has 1 fully saturated rings. The monoisotopic (exact) mass is 513 g/mol. The van der Waals surface area contributed by atoms with Crippen LogP contribution >= 0.6 is 11.6 Å². The topological polar surface area (TPSA) is 82.4 Å². The number of ether oxygens (including phenoxy) is 1. The Morgan fingerprint density at radius 1 is 1.09 bits per heavy atom. The van der Waals surface area contributed by atoms with Gasteiger partial charge in [-0.3, -0.25) is 4.90 Å².